The highest BCUT2D eigenvalue weighted by molar-refractivity contribution is 6.03. The summed E-state index contributed by atoms with van der Waals surface area (Å²) in [5.41, 5.74) is 15.9. The van der Waals surface area contributed by atoms with E-state index in [2.05, 4.69) is 5.32 Å². The molecule has 9 heteroatoms. The van der Waals surface area contributed by atoms with Gasteiger partial charge in [-0.1, -0.05) is 42.5 Å². The van der Waals surface area contributed by atoms with Crippen molar-refractivity contribution >= 4 is 23.5 Å². The Bertz CT molecular complexity index is 1300. The molecule has 0 bridgehead atoms. The first-order chi connectivity index (χ1) is 17.7. The summed E-state index contributed by atoms with van der Waals surface area (Å²) in [4.78, 5) is 38.8. The molecule has 0 radical (unpaired) electrons. The molecule has 1 heterocycles. The molecule has 1 aliphatic rings. The van der Waals surface area contributed by atoms with Crippen LogP contribution in [0.25, 0.3) is 11.3 Å². The van der Waals surface area contributed by atoms with E-state index < -0.39 is 5.91 Å². The number of nitrogen functional groups attached to an aromatic ring is 1. The van der Waals surface area contributed by atoms with E-state index in [1.165, 1.54) is 0 Å². The zero-order valence-electron chi connectivity index (χ0n) is 21.5. The highest BCUT2D eigenvalue weighted by Gasteiger charge is 2.31. The maximum Gasteiger partial charge on any atom is 0.254 e. The monoisotopic (exact) mass is 502 g/mol. The first-order valence-corrected chi connectivity index (χ1v) is 12.5. The first kappa shape index (κ1) is 25.9. The average Bonchev–Trinajstić information content (AvgIpc) is 3.24. The Morgan fingerprint density at radius 1 is 1.03 bits per heavy atom. The standard InChI is InChI=1S/C28H34N6O3/c1-17-6-4-5-7-22(17)27(36)31-16-18-8-10-19(11-9-18)24-23(26(30)35)25(29)34(32-24)21-14-12-20(13-15-21)28(37)33(2)3/h4-11,20-21H,12-16,29H2,1-3H3,(H2,30,35)(H,31,36)/t20-,21-. The van der Waals surface area contributed by atoms with E-state index in [9.17, 15) is 14.4 Å². The average molecular weight is 503 g/mol. The van der Waals surface area contributed by atoms with Gasteiger partial charge in [0.1, 0.15) is 17.1 Å². The van der Waals surface area contributed by atoms with Gasteiger partial charge in [-0.05, 0) is 49.8 Å². The predicted molar refractivity (Wildman–Crippen MR) is 143 cm³/mol. The van der Waals surface area contributed by atoms with Crippen molar-refractivity contribution in [1.82, 2.24) is 20.0 Å². The molecule has 1 fully saturated rings. The largest absolute Gasteiger partial charge is 0.383 e. The predicted octanol–water partition coefficient (Wildman–Crippen LogP) is 3.29. The number of nitrogens with two attached hydrogens (primary N) is 2. The molecule has 3 aromatic rings. The number of nitrogens with zero attached hydrogens (tertiary/aromatic N) is 3. The Balaban J connectivity index is 1.49. The van der Waals surface area contributed by atoms with Crippen LogP contribution in [0, 0.1) is 12.8 Å². The zero-order valence-corrected chi connectivity index (χ0v) is 21.5. The molecule has 37 heavy (non-hydrogen) atoms. The molecule has 1 aliphatic carbocycles. The topological polar surface area (TPSA) is 136 Å². The van der Waals surface area contributed by atoms with Gasteiger partial charge < -0.3 is 21.7 Å². The second kappa shape index (κ2) is 10.9. The van der Waals surface area contributed by atoms with Crippen LogP contribution in [0.4, 0.5) is 5.82 Å². The molecule has 1 aromatic heterocycles. The van der Waals surface area contributed by atoms with Gasteiger partial charge in [-0.25, -0.2) is 4.68 Å². The number of benzene rings is 2. The van der Waals surface area contributed by atoms with Crippen LogP contribution < -0.4 is 16.8 Å². The molecule has 194 valence electrons. The van der Waals surface area contributed by atoms with E-state index in [0.717, 1.165) is 36.8 Å². The van der Waals surface area contributed by atoms with Gasteiger partial charge >= 0.3 is 0 Å². The normalized spacial score (nSPS) is 17.3. The number of nitrogens with one attached hydrogen (secondary N) is 1. The summed E-state index contributed by atoms with van der Waals surface area (Å²) in [6.07, 6.45) is 2.97. The molecule has 0 unspecified atom stereocenters. The van der Waals surface area contributed by atoms with E-state index >= 15 is 0 Å². The molecular formula is C28H34N6O3. The number of aromatic nitrogens is 2. The van der Waals surface area contributed by atoms with Gasteiger partial charge in [0.25, 0.3) is 11.8 Å². The second-order valence-corrected chi connectivity index (χ2v) is 9.85. The summed E-state index contributed by atoms with van der Waals surface area (Å²) in [6.45, 7) is 2.27. The van der Waals surface area contributed by atoms with Crippen molar-refractivity contribution < 1.29 is 14.4 Å². The molecule has 0 atom stereocenters. The number of primary amides is 1. The number of hydrogen-bond donors (Lipinski definition) is 3. The van der Waals surface area contributed by atoms with E-state index in [4.69, 9.17) is 16.6 Å². The fourth-order valence-corrected chi connectivity index (χ4v) is 4.99. The summed E-state index contributed by atoms with van der Waals surface area (Å²) in [5.74, 6) is -0.381. The van der Waals surface area contributed by atoms with Gasteiger partial charge in [0.15, 0.2) is 0 Å². The van der Waals surface area contributed by atoms with Crippen molar-refractivity contribution in [3.05, 3.63) is 70.8 Å². The van der Waals surface area contributed by atoms with Gasteiger partial charge in [0, 0.05) is 37.7 Å². The highest BCUT2D eigenvalue weighted by atomic mass is 16.2. The van der Waals surface area contributed by atoms with Crippen LogP contribution in [-0.2, 0) is 11.3 Å². The Labute approximate surface area is 216 Å². The van der Waals surface area contributed by atoms with Crippen LogP contribution in [-0.4, -0.2) is 46.5 Å². The van der Waals surface area contributed by atoms with Crippen LogP contribution in [0.1, 0.15) is 63.6 Å². The van der Waals surface area contributed by atoms with E-state index in [1.807, 2.05) is 49.4 Å². The number of hydrogen-bond acceptors (Lipinski definition) is 5. The smallest absolute Gasteiger partial charge is 0.254 e. The Kier molecular flexibility index (Phi) is 7.61. The van der Waals surface area contributed by atoms with Crippen LogP contribution in [0.5, 0.6) is 0 Å². The molecule has 9 nitrogen and oxygen atoms in total. The third-order valence-corrected chi connectivity index (χ3v) is 7.10. The van der Waals surface area contributed by atoms with Crippen molar-refractivity contribution in [2.24, 2.45) is 11.7 Å². The summed E-state index contributed by atoms with van der Waals surface area (Å²) < 4.78 is 1.70. The van der Waals surface area contributed by atoms with E-state index in [1.54, 1.807) is 29.7 Å². The number of carbonyl (C=O) groups is 3. The number of amides is 3. The lowest BCUT2D eigenvalue weighted by Crippen LogP contribution is -2.33. The van der Waals surface area contributed by atoms with Crippen LogP contribution in [0.15, 0.2) is 48.5 Å². The molecule has 1 saturated carbocycles. The van der Waals surface area contributed by atoms with Crippen LogP contribution in [0.2, 0.25) is 0 Å². The Morgan fingerprint density at radius 2 is 1.68 bits per heavy atom. The fourth-order valence-electron chi connectivity index (χ4n) is 4.99. The lowest BCUT2D eigenvalue weighted by Gasteiger charge is -2.30. The Morgan fingerprint density at radius 3 is 2.27 bits per heavy atom. The lowest BCUT2D eigenvalue weighted by molar-refractivity contribution is -0.134. The van der Waals surface area contributed by atoms with Crippen molar-refractivity contribution in [1.29, 1.82) is 0 Å². The van der Waals surface area contributed by atoms with Crippen molar-refractivity contribution in [3.63, 3.8) is 0 Å². The van der Waals surface area contributed by atoms with Gasteiger partial charge in [-0.15, -0.1) is 0 Å². The minimum atomic E-state index is -0.634. The zero-order chi connectivity index (χ0) is 26.7. The second-order valence-electron chi connectivity index (χ2n) is 9.85. The number of aryl methyl sites for hydroxylation is 1. The number of rotatable bonds is 7. The maximum absolute atomic E-state index is 12.5. The molecule has 0 spiro atoms. The summed E-state index contributed by atoms with van der Waals surface area (Å²) in [7, 11) is 3.55. The number of carbonyl (C=O) groups excluding carboxylic acids is 3. The third kappa shape index (κ3) is 5.50. The fraction of sp³-hybridized carbons (Fsp3) is 0.357. The molecule has 5 N–H and O–H groups in total. The van der Waals surface area contributed by atoms with Gasteiger partial charge in [0.2, 0.25) is 5.91 Å². The molecule has 0 saturated heterocycles. The summed E-state index contributed by atoms with van der Waals surface area (Å²) in [5, 5.41) is 7.65. The minimum absolute atomic E-state index is 0.00282. The summed E-state index contributed by atoms with van der Waals surface area (Å²) >= 11 is 0. The van der Waals surface area contributed by atoms with Gasteiger partial charge in [0.05, 0.1) is 6.04 Å². The lowest BCUT2D eigenvalue weighted by atomic mass is 9.85. The molecular weight excluding hydrogens is 468 g/mol. The summed E-state index contributed by atoms with van der Waals surface area (Å²) in [6, 6.07) is 14.9. The maximum atomic E-state index is 12.5. The molecule has 0 aliphatic heterocycles. The number of anilines is 1. The van der Waals surface area contributed by atoms with Crippen molar-refractivity contribution in [2.45, 2.75) is 45.2 Å². The third-order valence-electron chi connectivity index (χ3n) is 7.10. The highest BCUT2D eigenvalue weighted by Crippen LogP contribution is 2.37. The molecule has 4 rings (SSSR count). The molecule has 3 amide bonds. The van der Waals surface area contributed by atoms with Crippen molar-refractivity contribution in [2.75, 3.05) is 19.8 Å². The SMILES string of the molecule is Cc1ccccc1C(=O)NCc1ccc(-c2nn([C@H]3CC[C@H](C(=O)N(C)C)CC3)c(N)c2C(N)=O)cc1. The minimum Gasteiger partial charge on any atom is -0.383 e. The quantitative estimate of drug-likeness (QED) is 0.455. The van der Waals surface area contributed by atoms with Gasteiger partial charge in [-0.3, -0.25) is 14.4 Å². The van der Waals surface area contributed by atoms with E-state index in [-0.39, 0.29) is 35.2 Å². The van der Waals surface area contributed by atoms with Crippen LogP contribution in [0.3, 0.4) is 0 Å². The van der Waals surface area contributed by atoms with E-state index in [0.29, 0.717) is 23.4 Å². The first-order valence-electron chi connectivity index (χ1n) is 12.5. The molecule has 2 aromatic carbocycles. The van der Waals surface area contributed by atoms with Crippen LogP contribution >= 0.6 is 0 Å². The van der Waals surface area contributed by atoms with Crippen molar-refractivity contribution in [3.8, 4) is 11.3 Å². The Hall–Kier alpha value is -4.14. The van der Waals surface area contributed by atoms with Gasteiger partial charge in [-0.2, -0.15) is 5.10 Å².